The van der Waals surface area contributed by atoms with Crippen LogP contribution in [0.1, 0.15) is 19.3 Å². The van der Waals surface area contributed by atoms with Crippen LogP contribution in [0.15, 0.2) is 5.76 Å². The van der Waals surface area contributed by atoms with E-state index in [0.29, 0.717) is 19.3 Å². The van der Waals surface area contributed by atoms with E-state index in [-0.39, 0.29) is 11.5 Å². The summed E-state index contributed by atoms with van der Waals surface area (Å²) >= 11 is 0. The largest absolute Gasteiger partial charge is 0.512 e. The van der Waals surface area contributed by atoms with Crippen LogP contribution in [0.3, 0.4) is 0 Å². The molecule has 1 N–H and O–H groups in total. The second-order valence-corrected chi connectivity index (χ2v) is 1.84. The lowest BCUT2D eigenvalue weighted by Crippen LogP contribution is -2.02. The van der Waals surface area contributed by atoms with Gasteiger partial charge in [-0.05, 0) is 0 Å². The zero-order valence-corrected chi connectivity index (χ0v) is 4.48. The molecule has 0 fully saturated rings. The highest BCUT2D eigenvalue weighted by atomic mass is 16.3. The van der Waals surface area contributed by atoms with E-state index >= 15 is 0 Å². The molecule has 0 heterocycles. The molecule has 0 aromatic carbocycles. The topological polar surface area (TPSA) is 37.3 Å². The molecule has 0 aromatic rings. The maximum atomic E-state index is 10.4. The number of hydrogen-bond donors (Lipinski definition) is 1. The van der Waals surface area contributed by atoms with Crippen molar-refractivity contribution in [2.24, 2.45) is 0 Å². The lowest BCUT2D eigenvalue weighted by atomic mass is 10.1. The third kappa shape index (κ3) is 1.09. The number of Topliss-reactive ketones (excluding diaryl/α,β-unsaturated/α-hetero) is 1. The molecule has 0 aromatic heterocycles. The van der Waals surface area contributed by atoms with Crippen molar-refractivity contribution in [3.63, 3.8) is 0 Å². The van der Waals surface area contributed by atoms with E-state index < -0.39 is 0 Å². The molecule has 1 aliphatic carbocycles. The van der Waals surface area contributed by atoms with Gasteiger partial charge in [-0.3, -0.25) is 4.79 Å². The summed E-state index contributed by atoms with van der Waals surface area (Å²) in [6.07, 6.45) is 3.82. The predicted octanol–water partition coefficient (Wildman–Crippen LogP) is 0.984. The van der Waals surface area contributed by atoms with Crippen LogP contribution in [0.5, 0.6) is 0 Å². The highest BCUT2D eigenvalue weighted by molar-refractivity contribution is 5.80. The zero-order chi connectivity index (χ0) is 5.98. The minimum Gasteiger partial charge on any atom is -0.512 e. The Morgan fingerprint density at radius 2 is 2.25 bits per heavy atom. The van der Waals surface area contributed by atoms with Crippen molar-refractivity contribution in [2.45, 2.75) is 19.3 Å². The lowest BCUT2D eigenvalue weighted by Gasteiger charge is -2.02. The number of carbonyl (C=O) groups excluding carboxylic acids is 1. The third-order valence-electron chi connectivity index (χ3n) is 1.13. The number of allylic oxidation sites excluding steroid dienone is 2. The summed E-state index contributed by atoms with van der Waals surface area (Å²) in [7, 11) is 0. The second kappa shape index (κ2) is 1.99. The molecule has 0 saturated carbocycles. The molecular formula is C6H7O2. The highest BCUT2D eigenvalue weighted by Crippen LogP contribution is 2.09. The van der Waals surface area contributed by atoms with Crippen LogP contribution in [0, 0.1) is 6.08 Å². The normalized spacial score (nSPS) is 20.5. The third-order valence-corrected chi connectivity index (χ3v) is 1.13. The second-order valence-electron chi connectivity index (χ2n) is 1.84. The van der Waals surface area contributed by atoms with E-state index in [2.05, 4.69) is 6.08 Å². The number of hydrogen-bond acceptors (Lipinski definition) is 2. The first-order valence-corrected chi connectivity index (χ1v) is 2.59. The molecule has 0 unspecified atom stereocenters. The summed E-state index contributed by atoms with van der Waals surface area (Å²) in [5.41, 5.74) is 0. The standard InChI is InChI=1S/C6H7O2/c7-5-1-2-6(8)4-3-5/h8H,1-3H2. The Bertz CT molecular complexity index is 135. The van der Waals surface area contributed by atoms with Crippen molar-refractivity contribution < 1.29 is 9.90 Å². The van der Waals surface area contributed by atoms with E-state index in [1.54, 1.807) is 0 Å². The molecule has 1 aliphatic rings. The molecule has 0 bridgehead atoms. The van der Waals surface area contributed by atoms with Crippen LogP contribution in [0.25, 0.3) is 0 Å². The summed E-state index contributed by atoms with van der Waals surface area (Å²) in [5.74, 6) is 0.410. The Morgan fingerprint density at radius 3 is 2.62 bits per heavy atom. The summed E-state index contributed by atoms with van der Waals surface area (Å²) in [5, 5.41) is 8.68. The van der Waals surface area contributed by atoms with Gasteiger partial charge in [0.15, 0.2) is 0 Å². The average molecular weight is 111 g/mol. The number of carbonyl (C=O) groups is 1. The maximum Gasteiger partial charge on any atom is 0.137 e. The zero-order valence-electron chi connectivity index (χ0n) is 4.48. The van der Waals surface area contributed by atoms with Crippen LogP contribution < -0.4 is 0 Å². The van der Waals surface area contributed by atoms with Gasteiger partial charge in [0.25, 0.3) is 0 Å². The molecule has 2 heteroatoms. The first-order chi connectivity index (χ1) is 3.79. The Morgan fingerprint density at radius 1 is 1.50 bits per heavy atom. The van der Waals surface area contributed by atoms with E-state index in [4.69, 9.17) is 5.11 Å². The van der Waals surface area contributed by atoms with Gasteiger partial charge in [-0.25, -0.2) is 0 Å². The first-order valence-electron chi connectivity index (χ1n) is 2.59. The number of aliphatic hydroxyl groups is 1. The molecule has 0 atom stereocenters. The highest BCUT2D eigenvalue weighted by Gasteiger charge is 2.07. The van der Waals surface area contributed by atoms with Crippen LogP contribution in [-0.4, -0.2) is 10.9 Å². The van der Waals surface area contributed by atoms with Crippen molar-refractivity contribution in [1.29, 1.82) is 0 Å². The van der Waals surface area contributed by atoms with Gasteiger partial charge >= 0.3 is 0 Å². The van der Waals surface area contributed by atoms with Crippen LogP contribution in [0.4, 0.5) is 0 Å². The molecule has 0 saturated heterocycles. The smallest absolute Gasteiger partial charge is 0.137 e. The molecule has 8 heavy (non-hydrogen) atoms. The van der Waals surface area contributed by atoms with Gasteiger partial charge in [-0.2, -0.15) is 0 Å². The maximum absolute atomic E-state index is 10.4. The van der Waals surface area contributed by atoms with Gasteiger partial charge in [0.1, 0.15) is 5.78 Å². The van der Waals surface area contributed by atoms with Crippen molar-refractivity contribution in [3.8, 4) is 0 Å². The molecule has 1 radical (unpaired) electrons. The van der Waals surface area contributed by atoms with E-state index in [1.165, 1.54) is 0 Å². The van der Waals surface area contributed by atoms with Gasteiger partial charge in [-0.1, -0.05) is 0 Å². The molecule has 43 valence electrons. The molecule has 1 rings (SSSR count). The van der Waals surface area contributed by atoms with Crippen LogP contribution in [0.2, 0.25) is 0 Å². The average Bonchev–Trinajstić information content (AvgIpc) is 1.77. The fourth-order valence-corrected chi connectivity index (χ4v) is 0.635. The fraction of sp³-hybridized carbons (Fsp3) is 0.500. The summed E-state index contributed by atoms with van der Waals surface area (Å²) in [6.45, 7) is 0. The SMILES string of the molecule is O=C1C[C]=C(O)CC1. The number of ketones is 1. The molecule has 0 aliphatic heterocycles. The van der Waals surface area contributed by atoms with Gasteiger partial charge < -0.3 is 5.11 Å². The van der Waals surface area contributed by atoms with Crippen molar-refractivity contribution in [1.82, 2.24) is 0 Å². The lowest BCUT2D eigenvalue weighted by molar-refractivity contribution is -0.118. The van der Waals surface area contributed by atoms with E-state index in [9.17, 15) is 4.79 Å². The van der Waals surface area contributed by atoms with Crippen molar-refractivity contribution in [3.05, 3.63) is 11.8 Å². The van der Waals surface area contributed by atoms with Gasteiger partial charge in [0.2, 0.25) is 0 Å². The first kappa shape index (κ1) is 5.35. The molecular weight excluding hydrogens is 104 g/mol. The van der Waals surface area contributed by atoms with E-state index in [1.807, 2.05) is 0 Å². The Kier molecular flexibility index (Phi) is 1.33. The molecule has 0 spiro atoms. The Labute approximate surface area is 47.8 Å². The van der Waals surface area contributed by atoms with E-state index in [0.717, 1.165) is 0 Å². The summed E-state index contributed by atoms with van der Waals surface area (Å²) in [4.78, 5) is 10.4. The predicted molar refractivity (Wildman–Crippen MR) is 28.2 cm³/mol. The monoisotopic (exact) mass is 111 g/mol. The number of rotatable bonds is 0. The quantitative estimate of drug-likeness (QED) is 0.506. The molecule has 2 nitrogen and oxygen atoms in total. The van der Waals surface area contributed by atoms with Crippen molar-refractivity contribution in [2.75, 3.05) is 0 Å². The minimum atomic E-state index is 0.169. The Hall–Kier alpha value is -0.790. The van der Waals surface area contributed by atoms with Gasteiger partial charge in [-0.15, -0.1) is 0 Å². The number of aliphatic hydroxyl groups excluding tert-OH is 1. The minimum absolute atomic E-state index is 0.169. The summed E-state index contributed by atoms with van der Waals surface area (Å²) in [6, 6.07) is 0. The van der Waals surface area contributed by atoms with Crippen LogP contribution in [-0.2, 0) is 4.79 Å². The molecule has 0 amide bonds. The van der Waals surface area contributed by atoms with Gasteiger partial charge in [0.05, 0.1) is 5.76 Å². The Balaban J connectivity index is 2.55. The van der Waals surface area contributed by atoms with Crippen LogP contribution >= 0.6 is 0 Å². The fourth-order valence-electron chi connectivity index (χ4n) is 0.635. The van der Waals surface area contributed by atoms with Crippen molar-refractivity contribution >= 4 is 5.78 Å². The summed E-state index contributed by atoms with van der Waals surface area (Å²) < 4.78 is 0. The van der Waals surface area contributed by atoms with Gasteiger partial charge in [0, 0.05) is 25.3 Å².